The van der Waals surface area contributed by atoms with Crippen LogP contribution in [-0.2, 0) is 4.79 Å². The highest BCUT2D eigenvalue weighted by Gasteiger charge is 2.29. The van der Waals surface area contributed by atoms with Crippen molar-refractivity contribution in [2.75, 3.05) is 19.6 Å². The molecule has 0 amide bonds. The van der Waals surface area contributed by atoms with Crippen molar-refractivity contribution in [2.45, 2.75) is 0 Å². The van der Waals surface area contributed by atoms with Gasteiger partial charge in [-0.3, -0.25) is 9.79 Å². The van der Waals surface area contributed by atoms with Crippen molar-refractivity contribution < 1.29 is 4.79 Å². The van der Waals surface area contributed by atoms with Crippen molar-refractivity contribution >= 4 is 22.0 Å². The molecule has 2 aliphatic rings. The second-order valence-corrected chi connectivity index (χ2v) is 3.08. The Labute approximate surface area is 57.1 Å². The maximum Gasteiger partial charge on any atom is 0.215 e. The van der Waals surface area contributed by atoms with Crippen molar-refractivity contribution in [1.29, 1.82) is 0 Å². The van der Waals surface area contributed by atoms with Crippen LogP contribution in [-0.4, -0.2) is 34.8 Å². The quantitative estimate of drug-likeness (QED) is 0.474. The summed E-state index contributed by atoms with van der Waals surface area (Å²) >= 11 is 1.27. The number of nitrogens with zero attached hydrogens (tertiary/aromatic N) is 2. The molecule has 0 bridgehead atoms. The summed E-state index contributed by atoms with van der Waals surface area (Å²) in [5.74, 6) is 0. The minimum absolute atomic E-state index is 0.230. The zero-order chi connectivity index (χ0) is 6.27. The van der Waals surface area contributed by atoms with Crippen LogP contribution in [0.25, 0.3) is 0 Å². The van der Waals surface area contributed by atoms with E-state index in [1.165, 1.54) is 11.8 Å². The van der Waals surface area contributed by atoms with Crippen LogP contribution in [0, 0.1) is 0 Å². The number of fused-ring (bicyclic) bond motifs is 1. The smallest absolute Gasteiger partial charge is 0.215 e. The standard InChI is InChI=1S/C5H6N2OS/c8-4-3-7-2-1-6-5(7)9-4/h1-3H2. The van der Waals surface area contributed by atoms with Gasteiger partial charge in [0.1, 0.15) is 0 Å². The van der Waals surface area contributed by atoms with Crippen molar-refractivity contribution in [3.8, 4) is 0 Å². The van der Waals surface area contributed by atoms with Gasteiger partial charge >= 0.3 is 0 Å². The van der Waals surface area contributed by atoms with E-state index in [9.17, 15) is 4.79 Å². The molecule has 3 nitrogen and oxygen atoms in total. The van der Waals surface area contributed by atoms with Crippen LogP contribution in [0.3, 0.4) is 0 Å². The molecule has 0 aromatic heterocycles. The van der Waals surface area contributed by atoms with Crippen LogP contribution in [0.2, 0.25) is 0 Å². The first-order valence-electron chi connectivity index (χ1n) is 2.86. The van der Waals surface area contributed by atoms with Gasteiger partial charge in [0.2, 0.25) is 5.12 Å². The third kappa shape index (κ3) is 0.738. The number of hydrogen-bond acceptors (Lipinski definition) is 4. The molecule has 1 fully saturated rings. The number of rotatable bonds is 0. The number of amidine groups is 1. The molecule has 0 aromatic carbocycles. The second kappa shape index (κ2) is 1.73. The van der Waals surface area contributed by atoms with Gasteiger partial charge in [0, 0.05) is 6.54 Å². The molecule has 0 N–H and O–H groups in total. The summed E-state index contributed by atoms with van der Waals surface area (Å²) in [4.78, 5) is 16.9. The Kier molecular flexibility index (Phi) is 1.02. The average molecular weight is 142 g/mol. The molecule has 9 heavy (non-hydrogen) atoms. The highest BCUT2D eigenvalue weighted by Crippen LogP contribution is 2.22. The van der Waals surface area contributed by atoms with Gasteiger partial charge < -0.3 is 4.90 Å². The Morgan fingerprint density at radius 2 is 2.56 bits per heavy atom. The first-order chi connectivity index (χ1) is 4.36. The number of carbonyl (C=O) groups is 1. The highest BCUT2D eigenvalue weighted by atomic mass is 32.2. The molecule has 0 atom stereocenters. The molecule has 0 aromatic rings. The van der Waals surface area contributed by atoms with E-state index < -0.39 is 0 Å². The summed E-state index contributed by atoms with van der Waals surface area (Å²) in [5, 5.41) is 1.16. The lowest BCUT2D eigenvalue weighted by molar-refractivity contribution is -0.110. The topological polar surface area (TPSA) is 32.7 Å². The summed E-state index contributed by atoms with van der Waals surface area (Å²) in [5.41, 5.74) is 0. The first kappa shape index (κ1) is 5.29. The van der Waals surface area contributed by atoms with E-state index in [2.05, 4.69) is 4.99 Å². The molecule has 0 radical (unpaired) electrons. The Morgan fingerprint density at radius 3 is 3.33 bits per heavy atom. The van der Waals surface area contributed by atoms with Gasteiger partial charge in [-0.25, -0.2) is 0 Å². The predicted molar refractivity (Wildman–Crippen MR) is 36.5 cm³/mol. The van der Waals surface area contributed by atoms with Crippen LogP contribution in [0.1, 0.15) is 0 Å². The lowest BCUT2D eigenvalue weighted by Crippen LogP contribution is -2.21. The third-order valence-corrected chi connectivity index (χ3v) is 2.34. The Bertz CT molecular complexity index is 189. The first-order valence-corrected chi connectivity index (χ1v) is 3.68. The fourth-order valence-corrected chi connectivity index (χ4v) is 1.86. The van der Waals surface area contributed by atoms with Gasteiger partial charge in [-0.2, -0.15) is 0 Å². The van der Waals surface area contributed by atoms with Gasteiger partial charge in [0.25, 0.3) is 0 Å². The van der Waals surface area contributed by atoms with Crippen molar-refractivity contribution in [3.63, 3.8) is 0 Å². The molecule has 1 saturated heterocycles. The number of hydrogen-bond donors (Lipinski definition) is 0. The molecule has 2 aliphatic heterocycles. The van der Waals surface area contributed by atoms with E-state index in [1.54, 1.807) is 0 Å². The summed E-state index contributed by atoms with van der Waals surface area (Å²) < 4.78 is 0. The van der Waals surface area contributed by atoms with E-state index in [1.807, 2.05) is 4.90 Å². The molecular formula is C5H6N2OS. The van der Waals surface area contributed by atoms with Crippen LogP contribution in [0.5, 0.6) is 0 Å². The van der Waals surface area contributed by atoms with E-state index in [0.717, 1.165) is 18.3 Å². The Balaban J connectivity index is 2.24. The molecule has 0 saturated carbocycles. The molecular weight excluding hydrogens is 136 g/mol. The van der Waals surface area contributed by atoms with Gasteiger partial charge in [-0.15, -0.1) is 0 Å². The van der Waals surface area contributed by atoms with Gasteiger partial charge in [-0.1, -0.05) is 0 Å². The largest absolute Gasteiger partial charge is 0.341 e. The van der Waals surface area contributed by atoms with Crippen molar-refractivity contribution in [1.82, 2.24) is 4.90 Å². The molecule has 2 heterocycles. The normalized spacial score (nSPS) is 24.7. The second-order valence-electron chi connectivity index (χ2n) is 2.06. The van der Waals surface area contributed by atoms with E-state index >= 15 is 0 Å². The van der Waals surface area contributed by atoms with Gasteiger partial charge in [0.15, 0.2) is 5.17 Å². The molecule has 0 aliphatic carbocycles. The van der Waals surface area contributed by atoms with Gasteiger partial charge in [0.05, 0.1) is 13.1 Å². The maximum absolute atomic E-state index is 10.7. The monoisotopic (exact) mass is 142 g/mol. The van der Waals surface area contributed by atoms with E-state index in [-0.39, 0.29) is 5.12 Å². The SMILES string of the molecule is O=C1CN2CCN=C2S1. The Hall–Kier alpha value is -0.510. The summed E-state index contributed by atoms with van der Waals surface area (Å²) in [6.45, 7) is 2.38. The lowest BCUT2D eigenvalue weighted by atomic mass is 10.6. The van der Waals surface area contributed by atoms with Crippen LogP contribution < -0.4 is 0 Å². The zero-order valence-electron chi connectivity index (χ0n) is 4.83. The van der Waals surface area contributed by atoms with E-state index in [0.29, 0.717) is 6.54 Å². The highest BCUT2D eigenvalue weighted by molar-refractivity contribution is 8.26. The minimum atomic E-state index is 0.230. The molecule has 4 heteroatoms. The fourth-order valence-electron chi connectivity index (χ4n) is 0.995. The van der Waals surface area contributed by atoms with Gasteiger partial charge in [-0.05, 0) is 11.8 Å². The average Bonchev–Trinajstić information content (AvgIpc) is 2.22. The fraction of sp³-hybridized carbons (Fsp3) is 0.600. The third-order valence-electron chi connectivity index (χ3n) is 1.41. The van der Waals surface area contributed by atoms with Crippen LogP contribution in [0.15, 0.2) is 4.99 Å². The molecule has 2 rings (SSSR count). The number of carbonyl (C=O) groups excluding carboxylic acids is 1. The molecule has 48 valence electrons. The minimum Gasteiger partial charge on any atom is -0.341 e. The summed E-state index contributed by atoms with van der Waals surface area (Å²) in [7, 11) is 0. The van der Waals surface area contributed by atoms with E-state index in [4.69, 9.17) is 0 Å². The summed E-state index contributed by atoms with van der Waals surface area (Å²) in [6, 6.07) is 0. The molecule has 0 spiro atoms. The number of thioether (sulfide) groups is 1. The zero-order valence-corrected chi connectivity index (χ0v) is 5.65. The molecule has 0 unspecified atom stereocenters. The maximum atomic E-state index is 10.7. The summed E-state index contributed by atoms with van der Waals surface area (Å²) in [6.07, 6.45) is 0. The predicted octanol–water partition coefficient (Wildman–Crippen LogP) is -0.0686. The van der Waals surface area contributed by atoms with Crippen molar-refractivity contribution in [3.05, 3.63) is 0 Å². The van der Waals surface area contributed by atoms with Crippen molar-refractivity contribution in [2.24, 2.45) is 4.99 Å². The number of aliphatic imine (C=N–C) groups is 1. The Morgan fingerprint density at radius 1 is 1.67 bits per heavy atom. The van der Waals surface area contributed by atoms with Crippen LogP contribution >= 0.6 is 11.8 Å². The lowest BCUT2D eigenvalue weighted by Gasteiger charge is -2.05. The van der Waals surface area contributed by atoms with Crippen LogP contribution in [0.4, 0.5) is 0 Å².